The lowest BCUT2D eigenvalue weighted by Crippen LogP contribution is -2.50. The van der Waals surface area contributed by atoms with E-state index in [-0.39, 0.29) is 34.4 Å². The summed E-state index contributed by atoms with van der Waals surface area (Å²) in [6.45, 7) is 6.62. The van der Waals surface area contributed by atoms with Gasteiger partial charge in [-0.3, -0.25) is 14.4 Å². The number of ketones is 1. The number of rotatable bonds is 4. The quantitative estimate of drug-likeness (QED) is 0.545. The molecule has 3 aliphatic carbocycles. The predicted molar refractivity (Wildman–Crippen MR) is 108 cm³/mol. The highest BCUT2D eigenvalue weighted by molar-refractivity contribution is 5.83. The lowest BCUT2D eigenvalue weighted by molar-refractivity contribution is -0.163. The minimum atomic E-state index is -0.786. The first-order valence-electron chi connectivity index (χ1n) is 11.3. The van der Waals surface area contributed by atoms with Gasteiger partial charge in [0.25, 0.3) is 0 Å². The first-order valence-corrected chi connectivity index (χ1v) is 11.3. The Morgan fingerprint density at radius 3 is 2.59 bits per heavy atom. The Morgan fingerprint density at radius 2 is 1.97 bits per heavy atom. The third-order valence-corrected chi connectivity index (χ3v) is 8.98. The minimum absolute atomic E-state index is 0.0182. The fraction of sp³-hybridized carbons (Fsp3) is 0.792. The summed E-state index contributed by atoms with van der Waals surface area (Å²) in [6.07, 6.45) is 9.48. The number of fused-ring (bicyclic) bond motifs is 1. The Bertz CT molecular complexity index is 769. The lowest BCUT2D eigenvalue weighted by atomic mass is 9.54. The number of esters is 1. The summed E-state index contributed by atoms with van der Waals surface area (Å²) >= 11 is 0. The molecule has 2 unspecified atom stereocenters. The van der Waals surface area contributed by atoms with Gasteiger partial charge >= 0.3 is 11.9 Å². The molecule has 4 rings (SSSR count). The number of Topliss-reactive ketones (excluding diaryl/α,β-unsaturated/α-hetero) is 1. The van der Waals surface area contributed by atoms with Crippen LogP contribution >= 0.6 is 0 Å². The molecule has 0 radical (unpaired) electrons. The summed E-state index contributed by atoms with van der Waals surface area (Å²) in [5.74, 6) is -0.995. The van der Waals surface area contributed by atoms with Crippen molar-refractivity contribution in [1.29, 1.82) is 0 Å². The smallest absolute Gasteiger partial charge is 0.310 e. The average molecular weight is 403 g/mol. The van der Waals surface area contributed by atoms with Crippen LogP contribution in [0.25, 0.3) is 0 Å². The third kappa shape index (κ3) is 3.07. The summed E-state index contributed by atoms with van der Waals surface area (Å²) in [5.41, 5.74) is 0.328. The number of allylic oxidation sites excluding steroid dienone is 1. The average Bonchev–Trinajstić information content (AvgIpc) is 3.16. The molecule has 4 aliphatic rings. The van der Waals surface area contributed by atoms with Gasteiger partial charge in [-0.25, -0.2) is 0 Å². The van der Waals surface area contributed by atoms with Crippen molar-refractivity contribution >= 4 is 17.7 Å². The van der Waals surface area contributed by atoms with Gasteiger partial charge in [0.15, 0.2) is 0 Å². The second kappa shape index (κ2) is 6.95. The van der Waals surface area contributed by atoms with Crippen LogP contribution in [0.15, 0.2) is 11.6 Å². The van der Waals surface area contributed by atoms with Gasteiger partial charge in [-0.15, -0.1) is 0 Å². The highest BCUT2D eigenvalue weighted by atomic mass is 16.6. The van der Waals surface area contributed by atoms with Crippen LogP contribution in [-0.2, 0) is 19.1 Å². The Hall–Kier alpha value is -1.65. The molecule has 5 heteroatoms. The fourth-order valence-corrected chi connectivity index (χ4v) is 7.37. The van der Waals surface area contributed by atoms with Crippen molar-refractivity contribution in [3.63, 3.8) is 0 Å². The molecule has 5 nitrogen and oxygen atoms in total. The monoisotopic (exact) mass is 402 g/mol. The van der Waals surface area contributed by atoms with Gasteiger partial charge in [-0.1, -0.05) is 38.8 Å². The van der Waals surface area contributed by atoms with Crippen LogP contribution in [0.3, 0.4) is 0 Å². The molecule has 1 spiro atoms. The molecule has 0 aromatic rings. The molecule has 29 heavy (non-hydrogen) atoms. The van der Waals surface area contributed by atoms with E-state index in [0.29, 0.717) is 19.3 Å². The molecule has 0 bridgehead atoms. The second-order valence-electron chi connectivity index (χ2n) is 10.5. The summed E-state index contributed by atoms with van der Waals surface area (Å²) in [7, 11) is 0. The summed E-state index contributed by atoms with van der Waals surface area (Å²) < 4.78 is 5.99. The number of aliphatic carboxylic acids is 1. The molecule has 1 aliphatic heterocycles. The molecule has 1 N–H and O–H groups in total. The van der Waals surface area contributed by atoms with Crippen LogP contribution in [0.1, 0.15) is 85.0 Å². The molecule has 0 aromatic carbocycles. The van der Waals surface area contributed by atoms with Crippen LogP contribution in [0, 0.1) is 28.6 Å². The summed E-state index contributed by atoms with van der Waals surface area (Å²) in [4.78, 5) is 36.4. The molecule has 0 amide bonds. The van der Waals surface area contributed by atoms with Gasteiger partial charge < -0.3 is 9.84 Å². The lowest BCUT2D eigenvalue weighted by Gasteiger charge is -2.51. The standard InChI is InChI=1S/C24H34O5/c1-4-8-23(3)19(6-10-24(23)11-7-20(26)29-24)18-14-22(2)9-5-16(25)12-15(22)13-17(18)21(27)28/h13,17-19H,4-12,14H2,1-3H3,(H,27,28)/t17-,18?,19?,22-,23+,24-/m1/s1. The van der Waals surface area contributed by atoms with Crippen molar-refractivity contribution < 1.29 is 24.2 Å². The SMILES string of the molecule is CCC[C@@]1(C)C(C2C[C@@]3(C)CCC(=O)CC3=C[C@H]2C(=O)O)CC[C@@]12CCC(=O)O2. The van der Waals surface area contributed by atoms with Gasteiger partial charge in [0.05, 0.1) is 5.92 Å². The highest BCUT2D eigenvalue weighted by Gasteiger charge is 2.64. The van der Waals surface area contributed by atoms with Crippen molar-refractivity contribution in [2.24, 2.45) is 28.6 Å². The molecule has 1 heterocycles. The Balaban J connectivity index is 1.73. The topological polar surface area (TPSA) is 80.7 Å². The van der Waals surface area contributed by atoms with Crippen LogP contribution in [-0.4, -0.2) is 28.4 Å². The number of hydrogen-bond donors (Lipinski definition) is 1. The predicted octanol–water partition coefficient (Wildman–Crippen LogP) is 4.69. The second-order valence-corrected chi connectivity index (χ2v) is 10.5. The van der Waals surface area contributed by atoms with Crippen molar-refractivity contribution in [2.45, 2.75) is 90.6 Å². The zero-order chi connectivity index (χ0) is 21.0. The van der Waals surface area contributed by atoms with Crippen LogP contribution < -0.4 is 0 Å². The Kier molecular flexibility index (Phi) is 4.94. The maximum absolute atomic E-state index is 12.3. The molecule has 3 fully saturated rings. The van der Waals surface area contributed by atoms with Crippen LogP contribution in [0.4, 0.5) is 0 Å². The zero-order valence-corrected chi connectivity index (χ0v) is 18.0. The highest BCUT2D eigenvalue weighted by Crippen LogP contribution is 2.64. The maximum atomic E-state index is 12.3. The number of carbonyl (C=O) groups excluding carboxylic acids is 2. The molecular formula is C24H34O5. The largest absolute Gasteiger partial charge is 0.481 e. The van der Waals surface area contributed by atoms with Gasteiger partial charge in [-0.05, 0) is 55.8 Å². The molecule has 6 atom stereocenters. The molecule has 0 aromatic heterocycles. The van der Waals surface area contributed by atoms with E-state index in [1.54, 1.807) is 0 Å². The normalized spacial score (nSPS) is 44.5. The minimum Gasteiger partial charge on any atom is -0.481 e. The van der Waals surface area contributed by atoms with Crippen molar-refractivity contribution in [2.75, 3.05) is 0 Å². The van der Waals surface area contributed by atoms with E-state index in [4.69, 9.17) is 4.74 Å². The van der Waals surface area contributed by atoms with Gasteiger partial charge in [0.2, 0.25) is 0 Å². The first kappa shape index (κ1) is 20.6. The molecule has 2 saturated carbocycles. The number of carbonyl (C=O) groups is 3. The summed E-state index contributed by atoms with van der Waals surface area (Å²) in [6, 6.07) is 0. The zero-order valence-electron chi connectivity index (χ0n) is 18.0. The van der Waals surface area contributed by atoms with E-state index in [9.17, 15) is 19.5 Å². The summed E-state index contributed by atoms with van der Waals surface area (Å²) in [5, 5.41) is 10.1. The third-order valence-electron chi connectivity index (χ3n) is 8.98. The molecule has 160 valence electrons. The van der Waals surface area contributed by atoms with E-state index in [0.717, 1.165) is 50.5 Å². The van der Waals surface area contributed by atoms with Crippen molar-refractivity contribution in [3.8, 4) is 0 Å². The van der Waals surface area contributed by atoms with E-state index in [1.807, 2.05) is 6.08 Å². The van der Waals surface area contributed by atoms with E-state index in [2.05, 4.69) is 20.8 Å². The van der Waals surface area contributed by atoms with Gasteiger partial charge in [0, 0.05) is 24.7 Å². The fourth-order valence-electron chi connectivity index (χ4n) is 7.37. The van der Waals surface area contributed by atoms with Gasteiger partial charge in [-0.2, -0.15) is 0 Å². The van der Waals surface area contributed by atoms with E-state index in [1.165, 1.54) is 0 Å². The number of hydrogen-bond acceptors (Lipinski definition) is 4. The van der Waals surface area contributed by atoms with E-state index >= 15 is 0 Å². The molecular weight excluding hydrogens is 368 g/mol. The van der Waals surface area contributed by atoms with E-state index < -0.39 is 17.5 Å². The number of carboxylic acids is 1. The molecule has 1 saturated heterocycles. The number of carboxylic acid groups (broad SMARTS) is 1. The van der Waals surface area contributed by atoms with Crippen LogP contribution in [0.5, 0.6) is 0 Å². The maximum Gasteiger partial charge on any atom is 0.310 e. The Labute approximate surface area is 173 Å². The van der Waals surface area contributed by atoms with Gasteiger partial charge in [0.1, 0.15) is 11.4 Å². The first-order chi connectivity index (χ1) is 13.6. The van der Waals surface area contributed by atoms with Crippen molar-refractivity contribution in [1.82, 2.24) is 0 Å². The number of ether oxygens (including phenoxy) is 1. The van der Waals surface area contributed by atoms with Crippen molar-refractivity contribution in [3.05, 3.63) is 11.6 Å². The Morgan fingerprint density at radius 1 is 1.21 bits per heavy atom. The van der Waals surface area contributed by atoms with Crippen LogP contribution in [0.2, 0.25) is 0 Å².